The largest absolute Gasteiger partial charge is 0.439 e. The molecule has 1 heterocycles. The maximum Gasteiger partial charge on any atom is 0.343 e. The van der Waals surface area contributed by atoms with Crippen molar-refractivity contribution in [2.24, 2.45) is 0 Å². The van der Waals surface area contributed by atoms with Crippen molar-refractivity contribution in [3.05, 3.63) is 137 Å². The maximum atomic E-state index is 12.8. The van der Waals surface area contributed by atoms with E-state index in [0.29, 0.717) is 58.5 Å². The van der Waals surface area contributed by atoms with Crippen molar-refractivity contribution in [1.29, 1.82) is 0 Å². The fourth-order valence-electron chi connectivity index (χ4n) is 5.18. The molecule has 0 radical (unpaired) electrons. The molecule has 0 N–H and O–H groups in total. The molecular formula is C44H43NO10. The fourth-order valence-corrected chi connectivity index (χ4v) is 5.18. The molecule has 1 aromatic heterocycles. The van der Waals surface area contributed by atoms with Crippen molar-refractivity contribution in [2.45, 2.75) is 59.7 Å². The Balaban J connectivity index is 1.13. The van der Waals surface area contributed by atoms with Crippen LogP contribution in [0, 0.1) is 6.92 Å². The molecule has 0 aliphatic heterocycles. The van der Waals surface area contributed by atoms with Crippen molar-refractivity contribution in [3.63, 3.8) is 0 Å². The van der Waals surface area contributed by atoms with Gasteiger partial charge in [-0.2, -0.15) is 4.98 Å². The number of hydrogen-bond donors (Lipinski definition) is 0. The Bertz CT molecular complexity index is 1930. The SMILES string of the molecule is CCCOC(C)C(=O)c1ccc(OC(=O)c2ccc(Oc3cc(C)cc(Oc4ccc(C(=O)Oc5ccc(C(=O)C(C)OCCC)cc5)cc4)n3)cc2)cc1. The molecule has 0 aliphatic rings. The lowest BCUT2D eigenvalue weighted by molar-refractivity contribution is 0.0477. The van der Waals surface area contributed by atoms with Crippen LogP contribution in [0.15, 0.2) is 109 Å². The van der Waals surface area contributed by atoms with Gasteiger partial charge in [-0.25, -0.2) is 9.59 Å². The minimum atomic E-state index is -0.570. The van der Waals surface area contributed by atoms with Crippen LogP contribution in [0.2, 0.25) is 0 Å². The number of Topliss-reactive ketones (excluding diaryl/α,β-unsaturated/α-hetero) is 2. The topological polar surface area (TPSA) is 137 Å². The molecule has 0 spiro atoms. The average Bonchev–Trinajstić information content (AvgIpc) is 3.19. The zero-order chi connectivity index (χ0) is 39.3. The Morgan fingerprint density at radius 1 is 0.509 bits per heavy atom. The number of ketones is 2. The fraction of sp³-hybridized carbons (Fsp3) is 0.250. The second-order valence-corrected chi connectivity index (χ2v) is 12.7. The van der Waals surface area contributed by atoms with E-state index in [2.05, 4.69) is 4.98 Å². The van der Waals surface area contributed by atoms with Gasteiger partial charge < -0.3 is 28.4 Å². The molecule has 0 amide bonds. The molecule has 0 aliphatic carbocycles. The van der Waals surface area contributed by atoms with Crippen LogP contribution < -0.4 is 18.9 Å². The molecule has 4 aromatic carbocycles. The number of carbonyl (C=O) groups is 4. The minimum absolute atomic E-state index is 0.142. The van der Waals surface area contributed by atoms with Gasteiger partial charge in [0.2, 0.25) is 11.8 Å². The highest BCUT2D eigenvalue weighted by Crippen LogP contribution is 2.28. The molecule has 2 unspecified atom stereocenters. The summed E-state index contributed by atoms with van der Waals surface area (Å²) in [6.07, 6.45) is 0.523. The summed E-state index contributed by atoms with van der Waals surface area (Å²) in [6.45, 7) is 10.2. The van der Waals surface area contributed by atoms with Crippen LogP contribution in [0.25, 0.3) is 0 Å². The van der Waals surface area contributed by atoms with E-state index in [-0.39, 0.29) is 23.3 Å². The summed E-state index contributed by atoms with van der Waals surface area (Å²) in [6, 6.07) is 28.9. The predicted octanol–water partition coefficient (Wildman–Crippen LogP) is 9.41. The van der Waals surface area contributed by atoms with Gasteiger partial charge in [-0.05, 0) is 136 Å². The van der Waals surface area contributed by atoms with Crippen molar-refractivity contribution < 1.29 is 47.6 Å². The van der Waals surface area contributed by atoms with E-state index in [0.717, 1.165) is 18.4 Å². The number of aromatic nitrogens is 1. The first-order valence-electron chi connectivity index (χ1n) is 18.0. The van der Waals surface area contributed by atoms with Crippen LogP contribution in [0.4, 0.5) is 0 Å². The van der Waals surface area contributed by atoms with Crippen LogP contribution in [-0.2, 0) is 9.47 Å². The van der Waals surface area contributed by atoms with Crippen molar-refractivity contribution in [1.82, 2.24) is 4.98 Å². The predicted molar refractivity (Wildman–Crippen MR) is 205 cm³/mol. The number of nitrogens with zero attached hydrogens (tertiary/aromatic N) is 1. The Labute approximate surface area is 320 Å². The van der Waals surface area contributed by atoms with Gasteiger partial charge in [0.1, 0.15) is 35.2 Å². The van der Waals surface area contributed by atoms with E-state index >= 15 is 0 Å². The second kappa shape index (κ2) is 19.2. The first-order chi connectivity index (χ1) is 26.5. The molecule has 5 rings (SSSR count). The Morgan fingerprint density at radius 3 is 1.18 bits per heavy atom. The summed E-state index contributed by atoms with van der Waals surface area (Å²) in [4.78, 5) is 55.1. The summed E-state index contributed by atoms with van der Waals surface area (Å²) < 4.78 is 33.9. The first kappa shape index (κ1) is 40.0. The summed E-state index contributed by atoms with van der Waals surface area (Å²) in [5.41, 5.74) is 2.37. The number of esters is 2. The van der Waals surface area contributed by atoms with Crippen LogP contribution >= 0.6 is 0 Å². The summed E-state index contributed by atoms with van der Waals surface area (Å²) in [7, 11) is 0. The van der Waals surface area contributed by atoms with Crippen LogP contribution in [0.1, 0.15) is 87.5 Å². The van der Waals surface area contributed by atoms with Gasteiger partial charge in [-0.15, -0.1) is 0 Å². The molecule has 0 saturated carbocycles. The Morgan fingerprint density at radius 2 is 0.836 bits per heavy atom. The molecule has 55 heavy (non-hydrogen) atoms. The van der Waals surface area contributed by atoms with E-state index in [4.69, 9.17) is 28.4 Å². The summed E-state index contributed by atoms with van der Waals surface area (Å²) >= 11 is 0. The average molecular weight is 746 g/mol. The van der Waals surface area contributed by atoms with Crippen LogP contribution in [0.5, 0.6) is 34.8 Å². The minimum Gasteiger partial charge on any atom is -0.439 e. The second-order valence-electron chi connectivity index (χ2n) is 12.7. The zero-order valence-corrected chi connectivity index (χ0v) is 31.4. The van der Waals surface area contributed by atoms with E-state index in [1.807, 2.05) is 20.8 Å². The third-order valence-electron chi connectivity index (χ3n) is 8.13. The van der Waals surface area contributed by atoms with Gasteiger partial charge in [0.25, 0.3) is 0 Å². The van der Waals surface area contributed by atoms with E-state index in [1.54, 1.807) is 123 Å². The van der Waals surface area contributed by atoms with E-state index in [1.165, 1.54) is 0 Å². The molecule has 5 aromatic rings. The molecule has 0 saturated heterocycles. The van der Waals surface area contributed by atoms with Gasteiger partial charge >= 0.3 is 11.9 Å². The first-order valence-corrected chi connectivity index (χ1v) is 18.0. The van der Waals surface area contributed by atoms with Crippen LogP contribution in [0.3, 0.4) is 0 Å². The van der Waals surface area contributed by atoms with Crippen LogP contribution in [-0.4, -0.2) is 53.9 Å². The number of carbonyl (C=O) groups excluding carboxylic acids is 4. The zero-order valence-electron chi connectivity index (χ0n) is 31.4. The van der Waals surface area contributed by atoms with Crippen molar-refractivity contribution in [3.8, 4) is 34.8 Å². The lowest BCUT2D eigenvalue weighted by Gasteiger charge is -2.12. The summed E-state index contributed by atoms with van der Waals surface area (Å²) in [5, 5.41) is 0. The molecule has 11 heteroatoms. The van der Waals surface area contributed by atoms with Gasteiger partial charge in [0.05, 0.1) is 11.1 Å². The van der Waals surface area contributed by atoms with Gasteiger partial charge in [0.15, 0.2) is 11.6 Å². The van der Waals surface area contributed by atoms with Crippen molar-refractivity contribution >= 4 is 23.5 Å². The summed E-state index contributed by atoms with van der Waals surface area (Å²) in [5.74, 6) is 0.581. The van der Waals surface area contributed by atoms with E-state index in [9.17, 15) is 19.2 Å². The van der Waals surface area contributed by atoms with E-state index < -0.39 is 24.1 Å². The number of benzene rings is 4. The number of pyridine rings is 1. The maximum absolute atomic E-state index is 12.8. The normalized spacial score (nSPS) is 11.9. The van der Waals surface area contributed by atoms with Gasteiger partial charge in [0, 0.05) is 36.5 Å². The number of hydrogen-bond acceptors (Lipinski definition) is 11. The number of ether oxygens (including phenoxy) is 6. The lowest BCUT2D eigenvalue weighted by atomic mass is 10.1. The molecule has 2 atom stereocenters. The standard InChI is InChI=1S/C44H43NO10/c1-6-24-50-29(4)41(46)31-8-16-37(17-9-31)54-43(48)33-12-20-35(21-13-33)52-39-26-28(3)27-40(45-39)53-36-22-14-34(15-23-36)44(49)55-38-18-10-32(11-19-38)42(47)30(5)51-25-7-2/h8-23,26-27,29-30H,6-7,24-25H2,1-5H3. The molecule has 11 nitrogen and oxygen atoms in total. The highest BCUT2D eigenvalue weighted by atomic mass is 16.5. The Kier molecular flexibility index (Phi) is 14.0. The van der Waals surface area contributed by atoms with Gasteiger partial charge in [-0.3, -0.25) is 9.59 Å². The Hall–Kier alpha value is -6.17. The monoisotopic (exact) mass is 745 g/mol. The van der Waals surface area contributed by atoms with Gasteiger partial charge in [-0.1, -0.05) is 13.8 Å². The number of rotatable bonds is 18. The molecular weight excluding hydrogens is 702 g/mol. The lowest BCUT2D eigenvalue weighted by Crippen LogP contribution is -2.21. The smallest absolute Gasteiger partial charge is 0.343 e. The molecule has 0 fully saturated rings. The van der Waals surface area contributed by atoms with Crippen molar-refractivity contribution in [2.75, 3.05) is 13.2 Å². The molecule has 0 bridgehead atoms. The third-order valence-corrected chi connectivity index (χ3v) is 8.13. The highest BCUT2D eigenvalue weighted by Gasteiger charge is 2.18. The quantitative estimate of drug-likeness (QED) is 0.0482. The third kappa shape index (κ3) is 11.4. The highest BCUT2D eigenvalue weighted by molar-refractivity contribution is 6.00. The molecule has 284 valence electrons. The number of aryl methyl sites for hydroxylation is 1.